The molecule has 0 spiro atoms. The molecule has 1 aliphatic rings. The number of aliphatic carboxylic acids is 1. The van der Waals surface area contributed by atoms with Crippen LogP contribution in [0, 0.1) is 10.8 Å². The summed E-state index contributed by atoms with van der Waals surface area (Å²) in [5, 5.41) is 24.2. The normalized spacial score (nSPS) is 21.0. The van der Waals surface area contributed by atoms with E-state index in [1.54, 1.807) is 0 Å². The number of carbonyl (C=O) groups excluding carboxylic acids is 1. The van der Waals surface area contributed by atoms with Gasteiger partial charge >= 0.3 is 12.1 Å². The Bertz CT molecular complexity index is 1180. The van der Waals surface area contributed by atoms with Crippen molar-refractivity contribution in [1.82, 2.24) is 19.7 Å². The van der Waals surface area contributed by atoms with Crippen LogP contribution >= 0.6 is 23.2 Å². The number of aliphatic hydroxyl groups is 1. The number of amides is 1. The topological polar surface area (TPSA) is 109 Å². The van der Waals surface area contributed by atoms with Crippen LogP contribution in [0.2, 0.25) is 10.0 Å². The van der Waals surface area contributed by atoms with Crippen molar-refractivity contribution < 1.29 is 33.0 Å². The van der Waals surface area contributed by atoms with Gasteiger partial charge in [-0.1, -0.05) is 50.9 Å². The Labute approximate surface area is 235 Å². The van der Waals surface area contributed by atoms with E-state index in [0.29, 0.717) is 25.7 Å². The number of hydrogen-bond acceptors (Lipinski definition) is 5. The molecule has 0 bridgehead atoms. The van der Waals surface area contributed by atoms with Gasteiger partial charge in [0.1, 0.15) is 0 Å². The third kappa shape index (κ3) is 7.64. The average molecular weight is 593 g/mol. The van der Waals surface area contributed by atoms with Crippen LogP contribution in [0.4, 0.5) is 13.2 Å². The van der Waals surface area contributed by atoms with E-state index in [1.807, 2.05) is 27.7 Å². The van der Waals surface area contributed by atoms with Gasteiger partial charge in [-0.15, -0.1) is 0 Å². The maximum Gasteiger partial charge on any atom is 0.433 e. The lowest BCUT2D eigenvalue weighted by Crippen LogP contribution is -2.41. The predicted octanol–water partition coefficient (Wildman–Crippen LogP) is 6.42. The number of rotatable bonds is 8. The maximum absolute atomic E-state index is 14.4. The number of aliphatic hydroxyl groups excluding tert-OH is 1. The smallest absolute Gasteiger partial charge is 0.433 e. The van der Waals surface area contributed by atoms with Crippen molar-refractivity contribution in [3.05, 3.63) is 45.5 Å². The number of pyridine rings is 1. The van der Waals surface area contributed by atoms with Crippen molar-refractivity contribution in [3.63, 3.8) is 0 Å². The summed E-state index contributed by atoms with van der Waals surface area (Å²) in [4.78, 5) is 29.9. The molecule has 0 saturated heterocycles. The molecular formula is C26H33Cl2F3N4O4. The highest BCUT2D eigenvalue weighted by molar-refractivity contribution is 6.35. The second-order valence-electron chi connectivity index (χ2n) is 11.7. The number of carboxylic acids is 1. The summed E-state index contributed by atoms with van der Waals surface area (Å²) in [7, 11) is 0. The molecule has 1 amide bonds. The van der Waals surface area contributed by atoms with E-state index >= 15 is 0 Å². The van der Waals surface area contributed by atoms with E-state index in [-0.39, 0.29) is 35.1 Å². The van der Waals surface area contributed by atoms with E-state index in [4.69, 9.17) is 23.2 Å². The molecular weight excluding hydrogens is 560 g/mol. The number of carbonyl (C=O) groups is 2. The number of carboxylic acid groups (broad SMARTS) is 1. The van der Waals surface area contributed by atoms with Crippen molar-refractivity contribution >= 4 is 35.1 Å². The van der Waals surface area contributed by atoms with Crippen LogP contribution in [-0.4, -0.2) is 54.8 Å². The zero-order chi connectivity index (χ0) is 29.3. The summed E-state index contributed by atoms with van der Waals surface area (Å²) in [5.41, 5.74) is -2.69. The van der Waals surface area contributed by atoms with Crippen LogP contribution in [-0.2, 0) is 11.0 Å². The van der Waals surface area contributed by atoms with Crippen LogP contribution < -0.4 is 0 Å². The molecule has 0 aliphatic heterocycles. The van der Waals surface area contributed by atoms with Crippen LogP contribution in [0.1, 0.15) is 93.6 Å². The standard InChI is InChI=1S/C26H33Cl2F3N4O4/c1-24(2,3)14-34(13-19(36)21-17(27)11-32-12-18(21)28)23(39)16-10-33-35(22(16)26(29,30)31)15-5-7-25(4,8-6-15)9-20(37)38/h10-12,15,19,36H,5-9,13-14H2,1-4H3,(H,37,38). The van der Waals surface area contributed by atoms with Crippen LogP contribution in [0.15, 0.2) is 18.6 Å². The Kier molecular flexibility index (Phi) is 9.29. The highest BCUT2D eigenvalue weighted by Gasteiger charge is 2.44. The Morgan fingerprint density at radius 3 is 2.21 bits per heavy atom. The first-order valence-corrected chi connectivity index (χ1v) is 13.3. The average Bonchev–Trinajstić information content (AvgIpc) is 3.22. The highest BCUT2D eigenvalue weighted by Crippen LogP contribution is 2.45. The van der Waals surface area contributed by atoms with Gasteiger partial charge in [0, 0.05) is 24.5 Å². The third-order valence-electron chi connectivity index (χ3n) is 6.95. The Morgan fingerprint density at radius 1 is 1.15 bits per heavy atom. The quantitative estimate of drug-likeness (QED) is 0.366. The van der Waals surface area contributed by atoms with Gasteiger partial charge in [0.05, 0.1) is 46.9 Å². The molecule has 1 fully saturated rings. The molecule has 2 aromatic heterocycles. The zero-order valence-corrected chi connectivity index (χ0v) is 23.7. The molecule has 2 aromatic rings. The van der Waals surface area contributed by atoms with Crippen molar-refractivity contribution in [3.8, 4) is 0 Å². The van der Waals surface area contributed by atoms with Crippen molar-refractivity contribution in [2.75, 3.05) is 13.1 Å². The number of aromatic nitrogens is 3. The maximum atomic E-state index is 14.4. The lowest BCUT2D eigenvalue weighted by molar-refractivity contribution is -0.145. The molecule has 1 unspecified atom stereocenters. The predicted molar refractivity (Wildman–Crippen MR) is 140 cm³/mol. The fourth-order valence-corrected chi connectivity index (χ4v) is 5.78. The van der Waals surface area contributed by atoms with Gasteiger partial charge in [-0.2, -0.15) is 18.3 Å². The van der Waals surface area contributed by atoms with Crippen LogP contribution in [0.25, 0.3) is 0 Å². The minimum absolute atomic E-state index is 0.0304. The summed E-state index contributed by atoms with van der Waals surface area (Å²) < 4.78 is 44.1. The Morgan fingerprint density at radius 2 is 1.72 bits per heavy atom. The van der Waals surface area contributed by atoms with Gasteiger partial charge in [-0.05, 0) is 36.5 Å². The largest absolute Gasteiger partial charge is 0.481 e. The molecule has 13 heteroatoms. The molecule has 2 heterocycles. The fourth-order valence-electron chi connectivity index (χ4n) is 5.17. The first-order valence-electron chi connectivity index (χ1n) is 12.5. The number of alkyl halides is 3. The number of nitrogens with zero attached hydrogens (tertiary/aromatic N) is 4. The van der Waals surface area contributed by atoms with E-state index in [0.717, 1.165) is 15.8 Å². The second-order valence-corrected chi connectivity index (χ2v) is 12.6. The van der Waals surface area contributed by atoms with E-state index in [9.17, 15) is 33.0 Å². The highest BCUT2D eigenvalue weighted by atomic mass is 35.5. The van der Waals surface area contributed by atoms with Gasteiger partial charge in [0.2, 0.25) is 0 Å². The van der Waals surface area contributed by atoms with Gasteiger partial charge in [-0.3, -0.25) is 19.3 Å². The monoisotopic (exact) mass is 592 g/mol. The lowest BCUT2D eigenvalue weighted by atomic mass is 9.72. The first kappa shape index (κ1) is 31.2. The third-order valence-corrected chi connectivity index (χ3v) is 7.55. The fraction of sp³-hybridized carbons (Fsp3) is 0.615. The summed E-state index contributed by atoms with van der Waals surface area (Å²) in [6, 6.07) is -0.638. The number of halogens is 5. The van der Waals surface area contributed by atoms with Gasteiger partial charge in [0.25, 0.3) is 5.91 Å². The Balaban J connectivity index is 1.95. The molecule has 216 valence electrons. The second kappa shape index (κ2) is 11.6. The summed E-state index contributed by atoms with van der Waals surface area (Å²) in [6.45, 7) is 6.93. The summed E-state index contributed by atoms with van der Waals surface area (Å²) in [5.74, 6) is -1.88. The molecule has 3 rings (SSSR count). The van der Waals surface area contributed by atoms with E-state index in [1.165, 1.54) is 12.4 Å². The number of hydrogen-bond donors (Lipinski definition) is 2. The first-order chi connectivity index (χ1) is 17.9. The van der Waals surface area contributed by atoms with Gasteiger partial charge < -0.3 is 15.1 Å². The zero-order valence-electron chi connectivity index (χ0n) is 22.2. The van der Waals surface area contributed by atoms with E-state index in [2.05, 4.69) is 10.1 Å². The molecule has 1 saturated carbocycles. The van der Waals surface area contributed by atoms with Crippen LogP contribution in [0.3, 0.4) is 0 Å². The summed E-state index contributed by atoms with van der Waals surface area (Å²) in [6.07, 6.45) is -1.42. The molecule has 0 radical (unpaired) electrons. The lowest BCUT2D eigenvalue weighted by Gasteiger charge is -2.37. The minimum Gasteiger partial charge on any atom is -0.481 e. The molecule has 1 atom stereocenters. The minimum atomic E-state index is -4.88. The van der Waals surface area contributed by atoms with Crippen molar-refractivity contribution in [2.24, 2.45) is 10.8 Å². The molecule has 0 aromatic carbocycles. The molecule has 39 heavy (non-hydrogen) atoms. The van der Waals surface area contributed by atoms with Crippen molar-refractivity contribution in [2.45, 2.75) is 78.1 Å². The van der Waals surface area contributed by atoms with E-state index < -0.39 is 52.3 Å². The SMILES string of the molecule is CC(C)(C)CN(CC(O)c1c(Cl)cncc1Cl)C(=O)c1cnn(C2CCC(C)(CC(=O)O)CC2)c1C(F)(F)F. The van der Waals surface area contributed by atoms with Crippen LogP contribution in [0.5, 0.6) is 0 Å². The van der Waals surface area contributed by atoms with Gasteiger partial charge in [0.15, 0.2) is 5.69 Å². The molecule has 1 aliphatic carbocycles. The molecule has 8 nitrogen and oxygen atoms in total. The van der Waals surface area contributed by atoms with Gasteiger partial charge in [-0.25, -0.2) is 0 Å². The summed E-state index contributed by atoms with van der Waals surface area (Å²) >= 11 is 12.3. The molecule has 2 N–H and O–H groups in total. The van der Waals surface area contributed by atoms with Crippen molar-refractivity contribution in [1.29, 1.82) is 0 Å². The Hall–Kier alpha value is -2.37.